The highest BCUT2D eigenvalue weighted by Gasteiger charge is 2.46. The highest BCUT2D eigenvalue weighted by Crippen LogP contribution is 2.41. The summed E-state index contributed by atoms with van der Waals surface area (Å²) in [6, 6.07) is 3.08. The number of amides is 2. The highest BCUT2D eigenvalue weighted by molar-refractivity contribution is 6.32. The molecule has 1 heterocycles. The van der Waals surface area contributed by atoms with Gasteiger partial charge < -0.3 is 20.1 Å². The van der Waals surface area contributed by atoms with Crippen LogP contribution < -0.4 is 20.1 Å². The zero-order valence-corrected chi connectivity index (χ0v) is 17.0. The molecule has 28 heavy (non-hydrogen) atoms. The van der Waals surface area contributed by atoms with Crippen molar-refractivity contribution in [3.05, 3.63) is 28.9 Å². The van der Waals surface area contributed by atoms with Crippen LogP contribution in [0.3, 0.4) is 0 Å². The summed E-state index contributed by atoms with van der Waals surface area (Å²) in [5.41, 5.74) is 0.508. The van der Waals surface area contributed by atoms with Crippen molar-refractivity contribution in [3.63, 3.8) is 0 Å². The molecule has 8 heteroatoms. The van der Waals surface area contributed by atoms with E-state index in [1.165, 1.54) is 20.3 Å². The number of halogens is 1. The van der Waals surface area contributed by atoms with Gasteiger partial charge in [-0.3, -0.25) is 14.4 Å². The van der Waals surface area contributed by atoms with Gasteiger partial charge in [-0.15, -0.1) is 0 Å². The molecule has 1 aliphatic carbocycles. The van der Waals surface area contributed by atoms with Gasteiger partial charge in [0.15, 0.2) is 0 Å². The van der Waals surface area contributed by atoms with E-state index >= 15 is 0 Å². The minimum Gasteiger partial charge on any atom is -0.495 e. The maximum atomic E-state index is 13.0. The molecule has 2 N–H and O–H groups in total. The first-order valence-corrected chi connectivity index (χ1v) is 9.30. The second-order valence-electron chi connectivity index (χ2n) is 7.74. The Labute approximate surface area is 168 Å². The SMILES string of the molecule is COc1cc(NC(=O)[C@H]2CC(=O)NC3=CC(C)(C)CC(=O)[C@@H]32)c(OC)cc1Cl. The smallest absolute Gasteiger partial charge is 0.229 e. The number of hydrogen-bond donors (Lipinski definition) is 2. The minimum atomic E-state index is -0.796. The summed E-state index contributed by atoms with van der Waals surface area (Å²) in [6.45, 7) is 3.85. The maximum absolute atomic E-state index is 13.0. The third-order valence-corrected chi connectivity index (χ3v) is 5.31. The van der Waals surface area contributed by atoms with Gasteiger partial charge in [-0.2, -0.15) is 0 Å². The number of carbonyl (C=O) groups excluding carboxylic acids is 3. The highest BCUT2D eigenvalue weighted by atomic mass is 35.5. The van der Waals surface area contributed by atoms with Gasteiger partial charge in [0.25, 0.3) is 0 Å². The molecule has 1 fully saturated rings. The topological polar surface area (TPSA) is 93.7 Å². The van der Waals surface area contributed by atoms with E-state index in [2.05, 4.69) is 10.6 Å². The quantitative estimate of drug-likeness (QED) is 0.801. The summed E-state index contributed by atoms with van der Waals surface area (Å²) in [5.74, 6) is -1.50. The fourth-order valence-corrected chi connectivity index (χ4v) is 4.04. The number of hydrogen-bond acceptors (Lipinski definition) is 5. The fraction of sp³-hybridized carbons (Fsp3) is 0.450. The van der Waals surface area contributed by atoms with Crippen LogP contribution >= 0.6 is 11.6 Å². The Morgan fingerprint density at radius 1 is 1.21 bits per heavy atom. The van der Waals surface area contributed by atoms with E-state index in [0.717, 1.165) is 0 Å². The van der Waals surface area contributed by atoms with Crippen molar-refractivity contribution in [1.29, 1.82) is 0 Å². The molecule has 7 nitrogen and oxygen atoms in total. The Bertz CT molecular complexity index is 878. The summed E-state index contributed by atoms with van der Waals surface area (Å²) >= 11 is 6.10. The van der Waals surface area contributed by atoms with Gasteiger partial charge in [0, 0.05) is 30.7 Å². The second-order valence-corrected chi connectivity index (χ2v) is 8.15. The van der Waals surface area contributed by atoms with Crippen molar-refractivity contribution in [2.45, 2.75) is 26.7 Å². The summed E-state index contributed by atoms with van der Waals surface area (Å²) in [5, 5.41) is 5.86. The Morgan fingerprint density at radius 3 is 2.54 bits per heavy atom. The average molecular weight is 407 g/mol. The predicted octanol–water partition coefficient (Wildman–Crippen LogP) is 2.93. The molecule has 0 bridgehead atoms. The van der Waals surface area contributed by atoms with Crippen molar-refractivity contribution >= 4 is 34.9 Å². The number of carbonyl (C=O) groups is 3. The van der Waals surface area contributed by atoms with E-state index in [1.807, 2.05) is 19.9 Å². The first-order chi connectivity index (χ1) is 13.1. The Morgan fingerprint density at radius 2 is 1.89 bits per heavy atom. The average Bonchev–Trinajstić information content (AvgIpc) is 2.60. The minimum absolute atomic E-state index is 0.0525. The first-order valence-electron chi connectivity index (χ1n) is 8.93. The zero-order chi connectivity index (χ0) is 20.6. The van der Waals surface area contributed by atoms with Crippen LogP contribution in [0.5, 0.6) is 11.5 Å². The molecule has 3 rings (SSSR count). The second kappa shape index (κ2) is 7.47. The van der Waals surface area contributed by atoms with E-state index in [-0.39, 0.29) is 23.5 Å². The number of piperidine rings is 1. The van der Waals surface area contributed by atoms with Gasteiger partial charge in [-0.05, 0) is 5.41 Å². The van der Waals surface area contributed by atoms with Crippen LogP contribution in [-0.2, 0) is 14.4 Å². The molecule has 2 amide bonds. The normalized spacial score (nSPS) is 23.2. The largest absolute Gasteiger partial charge is 0.495 e. The number of ether oxygens (including phenoxy) is 2. The van der Waals surface area contributed by atoms with Gasteiger partial charge in [0.1, 0.15) is 17.3 Å². The van der Waals surface area contributed by atoms with Gasteiger partial charge in [-0.1, -0.05) is 31.5 Å². The molecule has 1 aromatic carbocycles. The lowest BCUT2D eigenvalue weighted by atomic mass is 9.69. The standard InChI is InChI=1S/C20H23ClN2O5/c1-20(2)8-13-18(14(24)9-20)10(5-17(25)22-13)19(26)23-12-7-15(27-3)11(21)6-16(12)28-4/h6-8,10,18H,5,9H2,1-4H3,(H,22,25)(H,23,26)/t10-,18+/m0/s1. The third-order valence-electron chi connectivity index (χ3n) is 5.02. The summed E-state index contributed by atoms with van der Waals surface area (Å²) in [7, 11) is 2.92. The van der Waals surface area contributed by atoms with Crippen LogP contribution in [0, 0.1) is 17.3 Å². The molecule has 1 aromatic rings. The van der Waals surface area contributed by atoms with Crippen LogP contribution in [-0.4, -0.2) is 31.8 Å². The molecular formula is C20H23ClN2O5. The Hall–Kier alpha value is -2.54. The molecule has 0 radical (unpaired) electrons. The molecule has 1 saturated heterocycles. The number of rotatable bonds is 4. The molecule has 0 unspecified atom stereocenters. The summed E-state index contributed by atoms with van der Waals surface area (Å²) < 4.78 is 10.5. The van der Waals surface area contributed by atoms with Crippen molar-refractivity contribution in [3.8, 4) is 11.5 Å². The van der Waals surface area contributed by atoms with Crippen LogP contribution in [0.2, 0.25) is 5.02 Å². The van der Waals surface area contributed by atoms with Gasteiger partial charge in [0.05, 0.1) is 36.8 Å². The van der Waals surface area contributed by atoms with E-state index < -0.39 is 17.7 Å². The number of Topliss-reactive ketones (excluding diaryl/α,β-unsaturated/α-hetero) is 1. The van der Waals surface area contributed by atoms with E-state index in [9.17, 15) is 14.4 Å². The number of ketones is 1. The molecular weight excluding hydrogens is 384 g/mol. The Kier molecular flexibility index (Phi) is 5.39. The molecule has 2 aliphatic rings. The molecule has 0 spiro atoms. The third kappa shape index (κ3) is 3.85. The molecule has 1 aliphatic heterocycles. The summed E-state index contributed by atoms with van der Waals surface area (Å²) in [4.78, 5) is 37.9. The molecule has 2 atom stereocenters. The molecule has 0 aromatic heterocycles. The van der Waals surface area contributed by atoms with E-state index in [1.54, 1.807) is 6.07 Å². The van der Waals surface area contributed by atoms with Gasteiger partial charge >= 0.3 is 0 Å². The van der Waals surface area contributed by atoms with Crippen LogP contribution in [0.4, 0.5) is 5.69 Å². The lowest BCUT2D eigenvalue weighted by molar-refractivity contribution is -0.136. The van der Waals surface area contributed by atoms with Crippen LogP contribution in [0.1, 0.15) is 26.7 Å². The lowest BCUT2D eigenvalue weighted by Gasteiger charge is -2.38. The predicted molar refractivity (Wildman–Crippen MR) is 104 cm³/mol. The lowest BCUT2D eigenvalue weighted by Crippen LogP contribution is -2.49. The van der Waals surface area contributed by atoms with Crippen LogP contribution in [0.25, 0.3) is 0 Å². The maximum Gasteiger partial charge on any atom is 0.229 e. The number of methoxy groups -OCH3 is 2. The van der Waals surface area contributed by atoms with E-state index in [4.69, 9.17) is 21.1 Å². The van der Waals surface area contributed by atoms with Gasteiger partial charge in [-0.25, -0.2) is 0 Å². The fourth-order valence-electron chi connectivity index (χ4n) is 3.81. The van der Waals surface area contributed by atoms with Crippen molar-refractivity contribution in [2.24, 2.45) is 17.3 Å². The number of nitrogens with one attached hydrogen (secondary N) is 2. The monoisotopic (exact) mass is 406 g/mol. The molecule has 150 valence electrons. The van der Waals surface area contributed by atoms with Gasteiger partial charge in [0.2, 0.25) is 11.8 Å². The zero-order valence-electron chi connectivity index (χ0n) is 16.2. The first kappa shape index (κ1) is 20.2. The Balaban J connectivity index is 1.92. The number of allylic oxidation sites excluding steroid dienone is 2. The van der Waals surface area contributed by atoms with Crippen molar-refractivity contribution < 1.29 is 23.9 Å². The van der Waals surface area contributed by atoms with E-state index in [0.29, 0.717) is 34.3 Å². The number of fused-ring (bicyclic) bond motifs is 1. The summed E-state index contributed by atoms with van der Waals surface area (Å²) in [6.07, 6.45) is 2.13. The van der Waals surface area contributed by atoms with Crippen LogP contribution in [0.15, 0.2) is 23.9 Å². The molecule has 0 saturated carbocycles. The number of benzene rings is 1. The van der Waals surface area contributed by atoms with Crippen molar-refractivity contribution in [2.75, 3.05) is 19.5 Å². The van der Waals surface area contributed by atoms with Crippen molar-refractivity contribution in [1.82, 2.24) is 5.32 Å². The number of anilines is 1.